The second kappa shape index (κ2) is 6.14. The molecule has 0 bridgehead atoms. The number of nitrogens with two attached hydrogens (primary N) is 1. The van der Waals surface area contributed by atoms with Crippen LogP contribution in [0, 0.1) is 0 Å². The average molecular weight is 354 g/mol. The van der Waals surface area contributed by atoms with Gasteiger partial charge in [0.05, 0.1) is 26.9 Å². The van der Waals surface area contributed by atoms with Crippen molar-refractivity contribution in [2.24, 2.45) is 10.7 Å². The van der Waals surface area contributed by atoms with Crippen molar-refractivity contribution in [3.63, 3.8) is 0 Å². The van der Waals surface area contributed by atoms with Gasteiger partial charge in [-0.05, 0) is 24.3 Å². The van der Waals surface area contributed by atoms with Crippen LogP contribution in [0.15, 0.2) is 41.4 Å². The molecule has 3 aromatic rings. The number of para-hydroxylation sites is 2. The number of hydrogen-bond acceptors (Lipinski definition) is 6. The van der Waals surface area contributed by atoms with E-state index in [9.17, 15) is 0 Å². The highest BCUT2D eigenvalue weighted by molar-refractivity contribution is 5.92. The van der Waals surface area contributed by atoms with Crippen LogP contribution in [0.1, 0.15) is 11.7 Å². The van der Waals surface area contributed by atoms with Crippen LogP contribution in [-0.2, 0) is 0 Å². The third-order valence-corrected chi connectivity index (χ3v) is 4.42. The standard InChI is InChI=1S/C18H19N5O3/c1-24-13-9-8-10(14(25-2)15(13)26-3)16-21-17(19)22-18-20-11-6-4-5-7-12(11)23(16)18/h4-9,16H,1-3H3,(H3,19,20,21,22)/p+1/t16-/m0/s1. The fraction of sp³-hybridized carbons (Fsp3) is 0.222. The van der Waals surface area contributed by atoms with Crippen LogP contribution >= 0.6 is 0 Å². The number of hydrogen-bond donors (Lipinski definition) is 3. The Bertz CT molecular complexity index is 1010. The quantitative estimate of drug-likeness (QED) is 0.620. The van der Waals surface area contributed by atoms with Crippen molar-refractivity contribution in [3.8, 4) is 17.2 Å². The summed E-state index contributed by atoms with van der Waals surface area (Å²) in [6.45, 7) is 0. The van der Waals surface area contributed by atoms with Crippen molar-refractivity contribution in [3.05, 3.63) is 42.0 Å². The molecule has 4 N–H and O–H groups in total. The lowest BCUT2D eigenvalue weighted by molar-refractivity contribution is -0.674. The van der Waals surface area contributed by atoms with Gasteiger partial charge >= 0.3 is 5.95 Å². The lowest BCUT2D eigenvalue weighted by atomic mass is 10.1. The van der Waals surface area contributed by atoms with E-state index in [0.717, 1.165) is 22.5 Å². The van der Waals surface area contributed by atoms with Crippen LogP contribution in [0.25, 0.3) is 11.0 Å². The molecule has 4 rings (SSSR count). The predicted octanol–water partition coefficient (Wildman–Crippen LogP) is 1.77. The fourth-order valence-electron chi connectivity index (χ4n) is 3.32. The Morgan fingerprint density at radius 3 is 2.50 bits per heavy atom. The van der Waals surface area contributed by atoms with E-state index in [1.54, 1.807) is 21.3 Å². The van der Waals surface area contributed by atoms with Crippen molar-refractivity contribution in [1.82, 2.24) is 4.98 Å². The maximum absolute atomic E-state index is 6.03. The highest BCUT2D eigenvalue weighted by Crippen LogP contribution is 2.43. The number of aromatic nitrogens is 2. The van der Waals surface area contributed by atoms with E-state index in [4.69, 9.17) is 19.9 Å². The van der Waals surface area contributed by atoms with Crippen LogP contribution in [0.3, 0.4) is 0 Å². The summed E-state index contributed by atoms with van der Waals surface area (Å²) < 4.78 is 18.6. The first-order chi connectivity index (χ1) is 12.7. The van der Waals surface area contributed by atoms with E-state index in [2.05, 4.69) is 15.3 Å². The van der Waals surface area contributed by atoms with Gasteiger partial charge < -0.3 is 19.9 Å². The number of ether oxygens (including phenoxy) is 3. The number of nitrogens with zero attached hydrogens (tertiary/aromatic N) is 2. The minimum Gasteiger partial charge on any atom is -0.493 e. The minimum atomic E-state index is -0.419. The Morgan fingerprint density at radius 2 is 1.77 bits per heavy atom. The maximum atomic E-state index is 6.03. The number of benzene rings is 2. The highest BCUT2D eigenvalue weighted by Gasteiger charge is 2.34. The Labute approximate surface area is 150 Å². The number of fused-ring (bicyclic) bond motifs is 3. The van der Waals surface area contributed by atoms with Crippen molar-refractivity contribution >= 4 is 22.9 Å². The first kappa shape index (κ1) is 16.1. The molecule has 1 atom stereocenters. The molecule has 2 aromatic carbocycles. The first-order valence-electron chi connectivity index (χ1n) is 8.09. The molecule has 0 aliphatic carbocycles. The van der Waals surface area contributed by atoms with E-state index in [-0.39, 0.29) is 0 Å². The SMILES string of the molecule is COc1ccc([C@H]2N=C(N)Nc3[nH]c4ccccc4[n+]32)c(OC)c1OC. The van der Waals surface area contributed by atoms with E-state index in [1.165, 1.54) is 0 Å². The van der Waals surface area contributed by atoms with Crippen molar-refractivity contribution in [2.45, 2.75) is 6.17 Å². The molecular formula is C18H20N5O3+. The molecule has 0 spiro atoms. The molecule has 134 valence electrons. The summed E-state index contributed by atoms with van der Waals surface area (Å²) in [5.74, 6) is 2.72. The van der Waals surface area contributed by atoms with Gasteiger partial charge in [-0.1, -0.05) is 12.1 Å². The normalized spacial score (nSPS) is 15.8. The van der Waals surface area contributed by atoms with Gasteiger partial charge in [-0.2, -0.15) is 4.99 Å². The molecule has 2 heterocycles. The first-order valence-corrected chi connectivity index (χ1v) is 8.09. The van der Waals surface area contributed by atoms with Gasteiger partial charge in [-0.3, -0.25) is 0 Å². The molecule has 0 radical (unpaired) electrons. The molecule has 26 heavy (non-hydrogen) atoms. The Balaban J connectivity index is 1.98. The lowest BCUT2D eigenvalue weighted by Crippen LogP contribution is -2.48. The number of imidazole rings is 1. The monoisotopic (exact) mass is 354 g/mol. The summed E-state index contributed by atoms with van der Waals surface area (Å²) in [6.07, 6.45) is -0.419. The second-order valence-corrected chi connectivity index (χ2v) is 5.80. The summed E-state index contributed by atoms with van der Waals surface area (Å²) in [7, 11) is 4.76. The van der Waals surface area contributed by atoms with Crippen LogP contribution in [0.5, 0.6) is 17.2 Å². The molecule has 0 amide bonds. The Morgan fingerprint density at radius 1 is 1.00 bits per heavy atom. The highest BCUT2D eigenvalue weighted by atomic mass is 16.5. The van der Waals surface area contributed by atoms with Gasteiger partial charge in [0.15, 0.2) is 11.5 Å². The Hall–Kier alpha value is -3.42. The van der Waals surface area contributed by atoms with E-state index in [0.29, 0.717) is 23.2 Å². The van der Waals surface area contributed by atoms with E-state index in [1.807, 2.05) is 41.0 Å². The van der Waals surface area contributed by atoms with E-state index < -0.39 is 6.17 Å². The van der Waals surface area contributed by atoms with Crippen molar-refractivity contribution < 1.29 is 18.8 Å². The van der Waals surface area contributed by atoms with Gasteiger partial charge in [0.25, 0.3) is 5.96 Å². The number of H-pyrrole nitrogens is 1. The number of methoxy groups -OCH3 is 3. The maximum Gasteiger partial charge on any atom is 0.365 e. The molecule has 0 unspecified atom stereocenters. The molecule has 1 aromatic heterocycles. The van der Waals surface area contributed by atoms with Crippen LogP contribution in [0.4, 0.5) is 5.95 Å². The van der Waals surface area contributed by atoms with Gasteiger partial charge in [-0.15, -0.1) is 0 Å². The zero-order valence-corrected chi connectivity index (χ0v) is 14.7. The molecule has 1 aliphatic heterocycles. The zero-order valence-electron chi connectivity index (χ0n) is 14.7. The summed E-state index contributed by atoms with van der Waals surface area (Å²) in [5.41, 5.74) is 8.81. The van der Waals surface area contributed by atoms with Crippen molar-refractivity contribution in [2.75, 3.05) is 26.6 Å². The zero-order chi connectivity index (χ0) is 18.3. The number of rotatable bonds is 4. The van der Waals surface area contributed by atoms with E-state index >= 15 is 0 Å². The largest absolute Gasteiger partial charge is 0.493 e. The predicted molar refractivity (Wildman–Crippen MR) is 98.0 cm³/mol. The summed E-state index contributed by atoms with van der Waals surface area (Å²) in [4.78, 5) is 7.93. The topological polar surface area (TPSA) is 97.8 Å². The summed E-state index contributed by atoms with van der Waals surface area (Å²) in [6, 6.07) is 11.7. The molecule has 8 nitrogen and oxygen atoms in total. The van der Waals surface area contributed by atoms with Gasteiger partial charge in [0.1, 0.15) is 11.0 Å². The third kappa shape index (κ3) is 2.30. The van der Waals surface area contributed by atoms with Crippen LogP contribution in [-0.4, -0.2) is 32.3 Å². The van der Waals surface area contributed by atoms with Gasteiger partial charge in [-0.25, -0.2) is 14.9 Å². The molecular weight excluding hydrogens is 334 g/mol. The molecule has 8 heteroatoms. The number of anilines is 1. The second-order valence-electron chi connectivity index (χ2n) is 5.80. The molecule has 0 fully saturated rings. The van der Waals surface area contributed by atoms with Gasteiger partial charge in [0.2, 0.25) is 11.9 Å². The number of aliphatic imine (C=N–C) groups is 1. The third-order valence-electron chi connectivity index (χ3n) is 4.42. The van der Waals surface area contributed by atoms with Crippen LogP contribution in [0.2, 0.25) is 0 Å². The molecule has 0 saturated heterocycles. The van der Waals surface area contributed by atoms with Gasteiger partial charge in [0, 0.05) is 0 Å². The summed E-state index contributed by atoms with van der Waals surface area (Å²) in [5, 5.41) is 3.08. The number of nitrogens with one attached hydrogen (secondary N) is 2. The van der Waals surface area contributed by atoms with Crippen LogP contribution < -0.4 is 29.8 Å². The fourth-order valence-corrected chi connectivity index (χ4v) is 3.32. The minimum absolute atomic E-state index is 0.318. The Kier molecular flexibility index (Phi) is 3.80. The lowest BCUT2D eigenvalue weighted by Gasteiger charge is -2.22. The smallest absolute Gasteiger partial charge is 0.365 e. The number of guanidine groups is 1. The van der Waals surface area contributed by atoms with Crippen molar-refractivity contribution in [1.29, 1.82) is 0 Å². The number of aromatic amines is 1. The molecule has 0 saturated carbocycles. The summed E-state index contributed by atoms with van der Waals surface area (Å²) >= 11 is 0. The molecule has 1 aliphatic rings. The average Bonchev–Trinajstić information content (AvgIpc) is 3.03.